The van der Waals surface area contributed by atoms with Crippen LogP contribution in [0.25, 0.3) is 0 Å². The Morgan fingerprint density at radius 2 is 0.778 bits per heavy atom. The molecule has 0 bridgehead atoms. The van der Waals surface area contributed by atoms with Gasteiger partial charge < -0.3 is 38.4 Å². The minimum absolute atomic E-state index is 0. The molecule has 9 heavy (non-hydrogen) atoms. The summed E-state index contributed by atoms with van der Waals surface area (Å²) >= 11 is 0. The molecule has 0 unspecified atom stereocenters. The average molecular weight is 142 g/mol. The molecule has 0 aromatic rings. The molecule has 0 aromatic heterocycles. The van der Waals surface area contributed by atoms with Crippen LogP contribution in [0.2, 0.25) is 0 Å². The van der Waals surface area contributed by atoms with Crippen LogP contribution in [0, 0.1) is 0 Å². The van der Waals surface area contributed by atoms with E-state index in [2.05, 4.69) is 0 Å². The third kappa shape index (κ3) is 2340. The van der Waals surface area contributed by atoms with Crippen molar-refractivity contribution in [1.82, 2.24) is 0 Å². The van der Waals surface area contributed by atoms with E-state index < -0.39 is 7.32 Å². The zero-order chi connectivity index (χ0) is 3.58. The summed E-state index contributed by atoms with van der Waals surface area (Å²) in [7, 11) is -2.17. The Morgan fingerprint density at radius 3 is 0.778 bits per heavy atom. The Labute approximate surface area is 65.4 Å². The maximum atomic E-state index is 7.17. The Kier molecular flexibility index (Phi) is 256. The predicted molar refractivity (Wildman–Crippen MR) is 28.0 cm³/mol. The van der Waals surface area contributed by atoms with E-state index in [1.807, 2.05) is 0 Å². The summed E-state index contributed by atoms with van der Waals surface area (Å²) in [5.74, 6) is 0. The largest absolute Gasteiger partial charge is 1.00 e. The van der Waals surface area contributed by atoms with Gasteiger partial charge in [-0.25, -0.2) is 0 Å². The van der Waals surface area contributed by atoms with Gasteiger partial charge >= 0.3 is 26.2 Å². The quantitative estimate of drug-likeness (QED) is 0.283. The maximum absolute atomic E-state index is 7.17. The molecular formula is H12BLiO7. The Balaban J connectivity index is -0.00000000300. The van der Waals surface area contributed by atoms with Crippen LogP contribution in [-0.2, 0) is 0 Å². The zero-order valence-corrected chi connectivity index (χ0v) is 4.92. The van der Waals surface area contributed by atoms with Crippen LogP contribution < -0.4 is 18.9 Å². The van der Waals surface area contributed by atoms with Crippen molar-refractivity contribution in [1.29, 1.82) is 0 Å². The van der Waals surface area contributed by atoms with E-state index in [1.165, 1.54) is 0 Å². The van der Waals surface area contributed by atoms with Crippen LogP contribution in [0.3, 0.4) is 0 Å². The van der Waals surface area contributed by atoms with E-state index in [9.17, 15) is 0 Å². The van der Waals surface area contributed by atoms with Crippen LogP contribution in [0.1, 0.15) is 1.43 Å². The Morgan fingerprint density at radius 1 is 0.778 bits per heavy atom. The van der Waals surface area contributed by atoms with E-state index in [0.29, 0.717) is 0 Å². The second-order valence-electron chi connectivity index (χ2n) is 0.346. The third-order valence-corrected chi connectivity index (χ3v) is 0. The molecule has 0 rings (SSSR count). The van der Waals surface area contributed by atoms with E-state index in [-0.39, 0.29) is 42.2 Å². The van der Waals surface area contributed by atoms with Crippen molar-refractivity contribution in [2.24, 2.45) is 0 Å². The molecule has 11 N–H and O–H groups in total. The maximum Gasteiger partial charge on any atom is 1.00 e. The molecule has 0 aliphatic rings. The predicted octanol–water partition coefficient (Wildman–Crippen LogP) is -8.23. The molecule has 7 nitrogen and oxygen atoms in total. The molecule has 0 saturated heterocycles. The summed E-state index contributed by atoms with van der Waals surface area (Å²) in [6.07, 6.45) is 0. The van der Waals surface area contributed by atoms with E-state index >= 15 is 0 Å². The van der Waals surface area contributed by atoms with Gasteiger partial charge in [0.2, 0.25) is 0 Å². The average Bonchev–Trinajstić information content (AvgIpc) is 0.811. The van der Waals surface area contributed by atoms with Gasteiger partial charge in [0.1, 0.15) is 0 Å². The van der Waals surface area contributed by atoms with Gasteiger partial charge in [0.05, 0.1) is 0 Å². The van der Waals surface area contributed by atoms with Gasteiger partial charge in [-0.15, -0.1) is 0 Å². The molecule has 0 amide bonds. The molecule has 0 fully saturated rings. The first-order valence-corrected chi connectivity index (χ1v) is 0.775. The van der Waals surface area contributed by atoms with Crippen molar-refractivity contribution in [2.45, 2.75) is 0 Å². The van der Waals surface area contributed by atoms with Crippen LogP contribution in [-0.4, -0.2) is 44.3 Å². The van der Waals surface area contributed by atoms with E-state index in [1.54, 1.807) is 0 Å². The smallest absolute Gasteiger partial charge is 1.00 e. The van der Waals surface area contributed by atoms with E-state index in [4.69, 9.17) is 15.1 Å². The summed E-state index contributed by atoms with van der Waals surface area (Å²) in [5.41, 5.74) is 0. The van der Waals surface area contributed by atoms with Crippen molar-refractivity contribution >= 4 is 7.32 Å². The Bertz CT molecular complexity index is 18.3. The summed E-state index contributed by atoms with van der Waals surface area (Å²) in [5, 5.41) is 21.5. The summed E-state index contributed by atoms with van der Waals surface area (Å²) in [6.45, 7) is 0. The van der Waals surface area contributed by atoms with Gasteiger partial charge in [0, 0.05) is 0 Å². The molecule has 0 aromatic carbocycles. The number of hydrogen-bond acceptors (Lipinski definition) is 3. The van der Waals surface area contributed by atoms with Gasteiger partial charge in [0.15, 0.2) is 0 Å². The van der Waals surface area contributed by atoms with E-state index in [0.717, 1.165) is 0 Å². The molecule has 0 radical (unpaired) electrons. The summed E-state index contributed by atoms with van der Waals surface area (Å²) in [4.78, 5) is 0. The van der Waals surface area contributed by atoms with Crippen LogP contribution in [0.5, 0.6) is 0 Å². The van der Waals surface area contributed by atoms with Crippen molar-refractivity contribution in [3.05, 3.63) is 0 Å². The van der Waals surface area contributed by atoms with Crippen molar-refractivity contribution in [3.8, 4) is 0 Å². The minimum atomic E-state index is -2.17. The molecule has 0 aliphatic heterocycles. The molecule has 0 spiro atoms. The topological polar surface area (TPSA) is 187 Å². The second kappa shape index (κ2) is 39.9. The standard InChI is InChI=1S/BH3O3.Li.4H2O.H/c2-1(3)4;;;;;;/h2-4H;;4*1H2;/q;+1;;;;;-1. The van der Waals surface area contributed by atoms with Crippen LogP contribution in [0.4, 0.5) is 0 Å². The fraction of sp³-hybridized carbons (Fsp3) is 0. The number of rotatable bonds is 0. The fourth-order valence-corrected chi connectivity index (χ4v) is 0. The molecule has 0 atom stereocenters. The van der Waals surface area contributed by atoms with Crippen LogP contribution in [0.15, 0.2) is 0 Å². The monoisotopic (exact) mass is 142 g/mol. The first-order valence-electron chi connectivity index (χ1n) is 0.775. The molecule has 0 aliphatic carbocycles. The summed E-state index contributed by atoms with van der Waals surface area (Å²) < 4.78 is 0. The normalized spacial score (nSPS) is 3.00. The molecule has 58 valence electrons. The van der Waals surface area contributed by atoms with Gasteiger partial charge in [-0.3, -0.25) is 0 Å². The summed E-state index contributed by atoms with van der Waals surface area (Å²) in [6, 6.07) is 0. The first kappa shape index (κ1) is 57.6. The van der Waals surface area contributed by atoms with Gasteiger partial charge in [-0.05, 0) is 0 Å². The molecule has 0 heterocycles. The molecule has 9 heteroatoms. The van der Waals surface area contributed by atoms with Crippen LogP contribution >= 0.6 is 0 Å². The fourth-order valence-electron chi connectivity index (χ4n) is 0. The third-order valence-electron chi connectivity index (χ3n) is 0. The van der Waals surface area contributed by atoms with Gasteiger partial charge in [-0.2, -0.15) is 0 Å². The van der Waals surface area contributed by atoms with Gasteiger partial charge in [-0.1, -0.05) is 0 Å². The SMILES string of the molecule is O.O.O.O.OB(O)O.[H-].[Li+]. The zero-order valence-electron chi connectivity index (χ0n) is 5.92. The van der Waals surface area contributed by atoms with Crippen molar-refractivity contribution in [2.75, 3.05) is 0 Å². The van der Waals surface area contributed by atoms with Crippen molar-refractivity contribution in [3.63, 3.8) is 0 Å². The molecular weight excluding hydrogens is 130 g/mol. The first-order chi connectivity index (χ1) is 1.73. The second-order valence-corrected chi connectivity index (χ2v) is 0.346. The number of hydrogen-bond donors (Lipinski definition) is 3. The van der Waals surface area contributed by atoms with Crippen molar-refractivity contribution < 1.29 is 57.3 Å². The molecule has 0 saturated carbocycles. The Hall–Kier alpha value is 0.382. The van der Waals surface area contributed by atoms with Gasteiger partial charge in [0.25, 0.3) is 0 Å². The minimum Gasteiger partial charge on any atom is -1.00 e.